The Hall–Kier alpha value is -3.26. The molecule has 0 spiro atoms. The number of benzene rings is 2. The van der Waals surface area contributed by atoms with E-state index in [1.54, 1.807) is 38.5 Å². The number of nitrogens with zero attached hydrogens (tertiary/aromatic N) is 2. The average Bonchev–Trinajstić information content (AvgIpc) is 2.78. The number of carbonyl (C=O) groups excluding carboxylic acids is 1. The number of amides is 1. The van der Waals surface area contributed by atoms with Gasteiger partial charge in [-0.1, -0.05) is 23.9 Å². The van der Waals surface area contributed by atoms with Gasteiger partial charge in [0.15, 0.2) is 0 Å². The minimum absolute atomic E-state index is 0.108. The van der Waals surface area contributed by atoms with E-state index in [0.717, 1.165) is 22.7 Å². The summed E-state index contributed by atoms with van der Waals surface area (Å²) < 4.78 is 10.2. The molecule has 0 aliphatic heterocycles. The fourth-order valence-electron chi connectivity index (χ4n) is 2.44. The Morgan fingerprint density at radius 3 is 2.14 bits per heavy atom. The summed E-state index contributed by atoms with van der Waals surface area (Å²) >= 11 is 1.33. The molecule has 1 aromatic heterocycles. The Bertz CT molecular complexity index is 916. The van der Waals surface area contributed by atoms with Crippen LogP contribution in [0.25, 0.3) is 0 Å². The fraction of sp³-hybridized carbons (Fsp3) is 0.190. The molecule has 0 fully saturated rings. The molecule has 0 atom stereocenters. The summed E-state index contributed by atoms with van der Waals surface area (Å²) in [7, 11) is 3.25. The summed E-state index contributed by atoms with van der Waals surface area (Å²) in [4.78, 5) is 12.1. The maximum Gasteiger partial charge on any atom is 0.234 e. The normalized spacial score (nSPS) is 10.3. The Morgan fingerprint density at radius 1 is 0.897 bits per heavy atom. The van der Waals surface area contributed by atoms with Crippen LogP contribution in [0.15, 0.2) is 65.7 Å². The van der Waals surface area contributed by atoms with Gasteiger partial charge in [0, 0.05) is 12.2 Å². The zero-order chi connectivity index (χ0) is 20.5. The molecule has 0 aliphatic rings. The molecular weight excluding hydrogens is 388 g/mol. The predicted molar refractivity (Wildman–Crippen MR) is 115 cm³/mol. The lowest BCUT2D eigenvalue weighted by Crippen LogP contribution is -2.14. The van der Waals surface area contributed by atoms with Crippen molar-refractivity contribution in [3.05, 3.63) is 66.2 Å². The van der Waals surface area contributed by atoms with Gasteiger partial charge in [0.25, 0.3) is 0 Å². The number of rotatable bonds is 9. The number of carbonyl (C=O) groups is 1. The first-order chi connectivity index (χ1) is 14.2. The summed E-state index contributed by atoms with van der Waals surface area (Å²) in [6, 6.07) is 18.7. The van der Waals surface area contributed by atoms with Crippen LogP contribution in [-0.4, -0.2) is 36.1 Å². The molecule has 0 saturated heterocycles. The van der Waals surface area contributed by atoms with Crippen molar-refractivity contribution in [1.29, 1.82) is 0 Å². The highest BCUT2D eigenvalue weighted by Gasteiger charge is 2.06. The Balaban J connectivity index is 1.43. The highest BCUT2D eigenvalue weighted by atomic mass is 32.2. The molecule has 0 radical (unpaired) electrons. The number of thioether (sulfide) groups is 1. The molecule has 0 saturated carbocycles. The standard InChI is InChI=1S/C21H22N4O3S/c1-27-17-7-3-15(4-8-17)13-22-19-11-12-21(25-24-19)29-14-20(26)23-16-5-9-18(28-2)10-6-16/h3-12H,13-14H2,1-2H3,(H,22,24)(H,23,26). The summed E-state index contributed by atoms with van der Waals surface area (Å²) in [5.74, 6) is 2.38. The van der Waals surface area contributed by atoms with Gasteiger partial charge in [0.1, 0.15) is 22.3 Å². The molecule has 29 heavy (non-hydrogen) atoms. The lowest BCUT2D eigenvalue weighted by atomic mass is 10.2. The smallest absolute Gasteiger partial charge is 0.234 e. The molecule has 7 nitrogen and oxygen atoms in total. The van der Waals surface area contributed by atoms with Crippen LogP contribution >= 0.6 is 11.8 Å². The third-order valence-electron chi connectivity index (χ3n) is 4.00. The van der Waals surface area contributed by atoms with Crippen LogP contribution in [-0.2, 0) is 11.3 Å². The monoisotopic (exact) mass is 410 g/mol. The largest absolute Gasteiger partial charge is 0.497 e. The van der Waals surface area contributed by atoms with Crippen LogP contribution in [0, 0.1) is 0 Å². The zero-order valence-electron chi connectivity index (χ0n) is 16.2. The van der Waals surface area contributed by atoms with E-state index in [1.807, 2.05) is 36.4 Å². The third-order valence-corrected chi connectivity index (χ3v) is 4.92. The van der Waals surface area contributed by atoms with Crippen LogP contribution in [0.2, 0.25) is 0 Å². The van der Waals surface area contributed by atoms with Gasteiger partial charge in [-0.05, 0) is 54.1 Å². The summed E-state index contributed by atoms with van der Waals surface area (Å²) in [5, 5.41) is 15.1. The number of aromatic nitrogens is 2. The first kappa shape index (κ1) is 20.5. The predicted octanol–water partition coefficient (Wildman–Crippen LogP) is 3.84. The SMILES string of the molecule is COc1ccc(CNc2ccc(SCC(=O)Nc3ccc(OC)cc3)nn2)cc1. The third kappa shape index (κ3) is 6.39. The molecular formula is C21H22N4O3S. The minimum Gasteiger partial charge on any atom is -0.497 e. The van der Waals surface area contributed by atoms with Gasteiger partial charge in [-0.2, -0.15) is 0 Å². The van der Waals surface area contributed by atoms with E-state index in [9.17, 15) is 4.79 Å². The number of methoxy groups -OCH3 is 2. The molecule has 2 aromatic carbocycles. The Morgan fingerprint density at radius 2 is 1.55 bits per heavy atom. The average molecular weight is 410 g/mol. The van der Waals surface area contributed by atoms with Crippen LogP contribution in [0.5, 0.6) is 11.5 Å². The van der Waals surface area contributed by atoms with Gasteiger partial charge in [0.2, 0.25) is 5.91 Å². The van der Waals surface area contributed by atoms with Gasteiger partial charge < -0.3 is 20.1 Å². The maximum atomic E-state index is 12.1. The second-order valence-electron chi connectivity index (χ2n) is 6.02. The van der Waals surface area contributed by atoms with E-state index in [-0.39, 0.29) is 11.7 Å². The molecule has 1 amide bonds. The number of hydrogen-bond donors (Lipinski definition) is 2. The first-order valence-corrected chi connectivity index (χ1v) is 9.92. The Labute approximate surface area is 173 Å². The van der Waals surface area contributed by atoms with E-state index in [0.29, 0.717) is 17.4 Å². The van der Waals surface area contributed by atoms with Gasteiger partial charge >= 0.3 is 0 Å². The van der Waals surface area contributed by atoms with E-state index in [1.165, 1.54) is 11.8 Å². The van der Waals surface area contributed by atoms with Crippen molar-refractivity contribution in [2.45, 2.75) is 11.6 Å². The van der Waals surface area contributed by atoms with Crippen molar-refractivity contribution in [3.63, 3.8) is 0 Å². The van der Waals surface area contributed by atoms with Crippen molar-refractivity contribution in [1.82, 2.24) is 10.2 Å². The van der Waals surface area contributed by atoms with E-state index in [4.69, 9.17) is 9.47 Å². The number of ether oxygens (including phenoxy) is 2. The molecule has 0 bridgehead atoms. The van der Waals surface area contributed by atoms with Gasteiger partial charge in [-0.25, -0.2) is 0 Å². The van der Waals surface area contributed by atoms with Crippen molar-refractivity contribution < 1.29 is 14.3 Å². The van der Waals surface area contributed by atoms with E-state index >= 15 is 0 Å². The van der Waals surface area contributed by atoms with E-state index in [2.05, 4.69) is 20.8 Å². The second-order valence-corrected chi connectivity index (χ2v) is 7.02. The molecule has 3 rings (SSSR count). The number of nitrogens with one attached hydrogen (secondary N) is 2. The van der Waals surface area contributed by atoms with Crippen LogP contribution < -0.4 is 20.1 Å². The summed E-state index contributed by atoms with van der Waals surface area (Å²) in [5.41, 5.74) is 1.84. The molecule has 2 N–H and O–H groups in total. The lowest BCUT2D eigenvalue weighted by molar-refractivity contribution is -0.113. The number of anilines is 2. The molecule has 3 aromatic rings. The van der Waals surface area contributed by atoms with Crippen LogP contribution in [0.1, 0.15) is 5.56 Å². The molecule has 0 unspecified atom stereocenters. The van der Waals surface area contributed by atoms with Gasteiger partial charge in [-0.3, -0.25) is 4.79 Å². The summed E-state index contributed by atoms with van der Waals surface area (Å²) in [6.45, 7) is 0.634. The highest BCUT2D eigenvalue weighted by molar-refractivity contribution is 7.99. The highest BCUT2D eigenvalue weighted by Crippen LogP contribution is 2.18. The molecule has 1 heterocycles. The quantitative estimate of drug-likeness (QED) is 0.519. The fourth-order valence-corrected chi connectivity index (χ4v) is 3.05. The van der Waals surface area contributed by atoms with Gasteiger partial charge in [0.05, 0.1) is 20.0 Å². The van der Waals surface area contributed by atoms with Crippen molar-refractivity contribution in [3.8, 4) is 11.5 Å². The molecule has 8 heteroatoms. The number of hydrogen-bond acceptors (Lipinski definition) is 7. The zero-order valence-corrected chi connectivity index (χ0v) is 17.0. The van der Waals surface area contributed by atoms with Crippen molar-refractivity contribution >= 4 is 29.2 Å². The minimum atomic E-state index is -0.108. The second kappa shape index (κ2) is 10.3. The van der Waals surface area contributed by atoms with Crippen LogP contribution in [0.3, 0.4) is 0 Å². The van der Waals surface area contributed by atoms with Gasteiger partial charge in [-0.15, -0.1) is 10.2 Å². The van der Waals surface area contributed by atoms with Crippen LogP contribution in [0.4, 0.5) is 11.5 Å². The van der Waals surface area contributed by atoms with Crippen molar-refractivity contribution in [2.75, 3.05) is 30.6 Å². The summed E-state index contributed by atoms with van der Waals surface area (Å²) in [6.07, 6.45) is 0. The molecule has 150 valence electrons. The van der Waals surface area contributed by atoms with Crippen molar-refractivity contribution in [2.24, 2.45) is 0 Å². The lowest BCUT2D eigenvalue weighted by Gasteiger charge is -2.07. The first-order valence-electron chi connectivity index (χ1n) is 8.93. The topological polar surface area (TPSA) is 85.4 Å². The van der Waals surface area contributed by atoms with E-state index < -0.39 is 0 Å². The maximum absolute atomic E-state index is 12.1. The Kier molecular flexibility index (Phi) is 7.29. The molecule has 0 aliphatic carbocycles.